The number of para-hydroxylation sites is 1. The van der Waals surface area contributed by atoms with E-state index in [1.165, 1.54) is 6.07 Å². The molecule has 7 heteroatoms. The minimum Gasteiger partial charge on any atom is -0.366 e. The molecule has 2 aliphatic rings. The number of H-pyrrole nitrogens is 1. The number of amides is 2. The SMILES string of the molecule is NC(=O)c1ccc2[nH]c(CN3CCCC4(C3)C(=O)Nc3ccccc34)cc(=O)c2c1. The van der Waals surface area contributed by atoms with Crippen LogP contribution in [0.15, 0.2) is 53.3 Å². The normalized spacial score (nSPS) is 21.0. The van der Waals surface area contributed by atoms with Crippen LogP contribution < -0.4 is 16.5 Å². The van der Waals surface area contributed by atoms with Gasteiger partial charge < -0.3 is 16.0 Å². The van der Waals surface area contributed by atoms with Crippen molar-refractivity contribution in [2.24, 2.45) is 5.73 Å². The van der Waals surface area contributed by atoms with Crippen molar-refractivity contribution in [1.29, 1.82) is 0 Å². The number of carbonyl (C=O) groups is 2. The molecule has 0 radical (unpaired) electrons. The van der Waals surface area contributed by atoms with Gasteiger partial charge in [0, 0.05) is 47.0 Å². The largest absolute Gasteiger partial charge is 0.366 e. The van der Waals surface area contributed by atoms with Gasteiger partial charge in [-0.2, -0.15) is 0 Å². The first-order chi connectivity index (χ1) is 14.5. The summed E-state index contributed by atoms with van der Waals surface area (Å²) in [7, 11) is 0. The highest BCUT2D eigenvalue weighted by Crippen LogP contribution is 2.43. The Morgan fingerprint density at radius 3 is 2.80 bits per heavy atom. The summed E-state index contributed by atoms with van der Waals surface area (Å²) in [6.45, 7) is 2.01. The number of piperidine rings is 1. The van der Waals surface area contributed by atoms with Crippen LogP contribution in [0.3, 0.4) is 0 Å². The van der Waals surface area contributed by atoms with Crippen LogP contribution in [-0.2, 0) is 16.8 Å². The molecular formula is C23H22N4O3. The Hall–Kier alpha value is -3.45. The van der Waals surface area contributed by atoms with E-state index in [0.717, 1.165) is 36.3 Å². The second kappa shape index (κ2) is 6.81. The molecule has 0 saturated carbocycles. The minimum atomic E-state index is -0.561. The van der Waals surface area contributed by atoms with Crippen LogP contribution in [-0.4, -0.2) is 34.8 Å². The van der Waals surface area contributed by atoms with Gasteiger partial charge in [-0.25, -0.2) is 0 Å². The van der Waals surface area contributed by atoms with Crippen molar-refractivity contribution in [3.05, 3.63) is 75.6 Å². The average molecular weight is 402 g/mol. The molecule has 152 valence electrons. The van der Waals surface area contributed by atoms with Crippen molar-refractivity contribution < 1.29 is 9.59 Å². The fourth-order valence-corrected chi connectivity index (χ4v) is 4.84. The third-order valence-corrected chi connectivity index (χ3v) is 6.26. The van der Waals surface area contributed by atoms with Gasteiger partial charge >= 0.3 is 0 Å². The van der Waals surface area contributed by atoms with Crippen molar-refractivity contribution in [2.75, 3.05) is 18.4 Å². The summed E-state index contributed by atoms with van der Waals surface area (Å²) < 4.78 is 0. The molecule has 1 fully saturated rings. The molecule has 4 N–H and O–H groups in total. The Balaban J connectivity index is 1.44. The zero-order valence-corrected chi connectivity index (χ0v) is 16.4. The van der Waals surface area contributed by atoms with Crippen LogP contribution in [0.4, 0.5) is 5.69 Å². The van der Waals surface area contributed by atoms with Crippen LogP contribution in [0.2, 0.25) is 0 Å². The van der Waals surface area contributed by atoms with Gasteiger partial charge in [-0.1, -0.05) is 18.2 Å². The number of nitrogens with two attached hydrogens (primary N) is 1. The lowest BCUT2D eigenvalue weighted by Crippen LogP contribution is -2.49. The summed E-state index contributed by atoms with van der Waals surface area (Å²) in [5, 5.41) is 3.47. The Kier molecular flexibility index (Phi) is 4.22. The maximum Gasteiger partial charge on any atom is 0.248 e. The van der Waals surface area contributed by atoms with Crippen molar-refractivity contribution in [3.63, 3.8) is 0 Å². The van der Waals surface area contributed by atoms with E-state index in [9.17, 15) is 14.4 Å². The van der Waals surface area contributed by atoms with E-state index < -0.39 is 11.3 Å². The fraction of sp³-hybridized carbons (Fsp3) is 0.261. The van der Waals surface area contributed by atoms with Crippen molar-refractivity contribution >= 4 is 28.4 Å². The van der Waals surface area contributed by atoms with E-state index in [2.05, 4.69) is 15.2 Å². The zero-order chi connectivity index (χ0) is 20.9. The van der Waals surface area contributed by atoms with Gasteiger partial charge in [-0.3, -0.25) is 19.3 Å². The molecule has 1 unspecified atom stereocenters. The monoisotopic (exact) mass is 402 g/mol. The predicted octanol–water partition coefficient (Wildman–Crippen LogP) is 2.11. The van der Waals surface area contributed by atoms with Crippen LogP contribution in [0.25, 0.3) is 10.9 Å². The number of primary amides is 1. The molecular weight excluding hydrogens is 380 g/mol. The number of nitrogens with zero attached hydrogens (tertiary/aromatic N) is 1. The van der Waals surface area contributed by atoms with E-state index in [-0.39, 0.29) is 11.3 Å². The van der Waals surface area contributed by atoms with Crippen LogP contribution in [0.1, 0.15) is 34.5 Å². The Bertz CT molecular complexity index is 1250. The second-order valence-electron chi connectivity index (χ2n) is 8.18. The number of pyridine rings is 1. The van der Waals surface area contributed by atoms with Gasteiger partial charge in [0.2, 0.25) is 11.8 Å². The van der Waals surface area contributed by atoms with Gasteiger partial charge in [-0.05, 0) is 49.2 Å². The van der Waals surface area contributed by atoms with Gasteiger partial charge in [-0.15, -0.1) is 0 Å². The molecule has 7 nitrogen and oxygen atoms in total. The lowest BCUT2D eigenvalue weighted by atomic mass is 9.75. The molecule has 1 atom stereocenters. The molecule has 3 aromatic rings. The highest BCUT2D eigenvalue weighted by molar-refractivity contribution is 6.06. The van der Waals surface area contributed by atoms with Crippen LogP contribution >= 0.6 is 0 Å². The quantitative estimate of drug-likeness (QED) is 0.623. The first-order valence-electron chi connectivity index (χ1n) is 10.1. The van der Waals surface area contributed by atoms with Crippen molar-refractivity contribution in [1.82, 2.24) is 9.88 Å². The van der Waals surface area contributed by atoms with Gasteiger partial charge in [0.25, 0.3) is 0 Å². The number of likely N-dealkylation sites (tertiary alicyclic amines) is 1. The Labute approximate surface area is 172 Å². The molecule has 3 heterocycles. The number of rotatable bonds is 3. The molecule has 1 spiro atoms. The van der Waals surface area contributed by atoms with Gasteiger partial charge in [0.1, 0.15) is 0 Å². The summed E-state index contributed by atoms with van der Waals surface area (Å²) in [6.07, 6.45) is 1.72. The average Bonchev–Trinajstić information content (AvgIpc) is 2.99. The van der Waals surface area contributed by atoms with Crippen LogP contribution in [0, 0.1) is 0 Å². The number of carbonyl (C=O) groups excluding carboxylic acids is 2. The number of benzene rings is 2. The summed E-state index contributed by atoms with van der Waals surface area (Å²) in [6, 6.07) is 14.3. The van der Waals surface area contributed by atoms with E-state index in [1.807, 2.05) is 24.3 Å². The van der Waals surface area contributed by atoms with Crippen LogP contribution in [0.5, 0.6) is 0 Å². The molecule has 1 saturated heterocycles. The first-order valence-corrected chi connectivity index (χ1v) is 10.1. The highest BCUT2D eigenvalue weighted by Gasteiger charge is 2.48. The maximum atomic E-state index is 12.9. The Morgan fingerprint density at radius 2 is 1.97 bits per heavy atom. The zero-order valence-electron chi connectivity index (χ0n) is 16.4. The molecule has 2 aromatic carbocycles. The van der Waals surface area contributed by atoms with Crippen molar-refractivity contribution in [3.8, 4) is 0 Å². The topological polar surface area (TPSA) is 108 Å². The lowest BCUT2D eigenvalue weighted by molar-refractivity contribution is -0.122. The molecule has 2 aliphatic heterocycles. The van der Waals surface area contributed by atoms with E-state index in [1.54, 1.807) is 18.2 Å². The molecule has 1 aromatic heterocycles. The molecule has 5 rings (SSSR count). The van der Waals surface area contributed by atoms with E-state index >= 15 is 0 Å². The molecule has 2 amide bonds. The number of nitrogens with one attached hydrogen (secondary N) is 2. The fourth-order valence-electron chi connectivity index (χ4n) is 4.84. The number of anilines is 1. The number of hydrogen-bond acceptors (Lipinski definition) is 4. The number of aromatic nitrogens is 1. The summed E-state index contributed by atoms with van der Waals surface area (Å²) >= 11 is 0. The standard InChI is InChI=1S/C23H22N4O3/c24-21(29)14-6-7-18-16(10-14)20(28)11-15(25-18)12-27-9-3-8-23(13-27)17-4-1-2-5-19(17)26-22(23)30/h1-2,4-7,10-11H,3,8-9,12-13H2,(H2,24,29)(H,25,28)(H,26,30). The van der Waals surface area contributed by atoms with E-state index in [0.29, 0.717) is 29.6 Å². The molecule has 30 heavy (non-hydrogen) atoms. The van der Waals surface area contributed by atoms with Gasteiger partial charge in [0.15, 0.2) is 5.43 Å². The number of hydrogen-bond donors (Lipinski definition) is 3. The number of aromatic amines is 1. The third-order valence-electron chi connectivity index (χ3n) is 6.26. The smallest absolute Gasteiger partial charge is 0.248 e. The first kappa shape index (κ1) is 18.6. The Morgan fingerprint density at radius 1 is 1.13 bits per heavy atom. The summed E-state index contributed by atoms with van der Waals surface area (Å²) in [5.41, 5.74) is 8.34. The third kappa shape index (κ3) is 2.90. The van der Waals surface area contributed by atoms with Gasteiger partial charge in [0.05, 0.1) is 5.41 Å². The predicted molar refractivity (Wildman–Crippen MR) is 114 cm³/mol. The minimum absolute atomic E-state index is 0.0550. The molecule has 0 aliphatic carbocycles. The lowest BCUT2D eigenvalue weighted by Gasteiger charge is -2.39. The highest BCUT2D eigenvalue weighted by atomic mass is 16.2. The summed E-state index contributed by atoms with van der Waals surface area (Å²) in [4.78, 5) is 42.4. The van der Waals surface area contributed by atoms with Crippen molar-refractivity contribution in [2.45, 2.75) is 24.8 Å². The number of fused-ring (bicyclic) bond motifs is 3. The molecule has 0 bridgehead atoms. The van der Waals surface area contributed by atoms with E-state index in [4.69, 9.17) is 5.73 Å². The maximum absolute atomic E-state index is 12.9. The summed E-state index contributed by atoms with van der Waals surface area (Å²) in [5.74, 6) is -0.506. The second-order valence-corrected chi connectivity index (χ2v) is 8.18.